The minimum Gasteiger partial charge on any atom is -0.497 e. The van der Waals surface area contributed by atoms with E-state index in [1.807, 2.05) is 29.6 Å². The quantitative estimate of drug-likeness (QED) is 0.601. The van der Waals surface area contributed by atoms with E-state index in [2.05, 4.69) is 47.6 Å². The van der Waals surface area contributed by atoms with Gasteiger partial charge in [-0.2, -0.15) is 5.26 Å². The Morgan fingerprint density at radius 2 is 2.08 bits per heavy atom. The lowest BCUT2D eigenvalue weighted by molar-refractivity contribution is 0.415. The smallest absolute Gasteiger partial charge is 0.136 e. The maximum Gasteiger partial charge on any atom is 0.136 e. The van der Waals surface area contributed by atoms with Crippen LogP contribution in [0.2, 0.25) is 0 Å². The molecule has 1 N–H and O–H groups in total. The second-order valence-corrected chi connectivity index (χ2v) is 6.49. The predicted molar refractivity (Wildman–Crippen MR) is 107 cm³/mol. The molecule has 0 saturated carbocycles. The Morgan fingerprint density at radius 1 is 1.27 bits per heavy atom. The number of hydrogen-bond acceptors (Lipinski definition) is 5. The number of aromatic nitrogens is 1. The maximum atomic E-state index is 9.49. The third-order valence-electron chi connectivity index (χ3n) is 3.97. The average Bonchev–Trinajstić information content (AvgIpc) is 3.19. The van der Waals surface area contributed by atoms with Gasteiger partial charge < -0.3 is 10.1 Å². The van der Waals surface area contributed by atoms with Crippen LogP contribution in [0.25, 0.3) is 16.8 Å². The van der Waals surface area contributed by atoms with Gasteiger partial charge in [-0.3, -0.25) is 0 Å². The van der Waals surface area contributed by atoms with Crippen molar-refractivity contribution in [2.24, 2.45) is 0 Å². The number of nitrogens with zero attached hydrogens (tertiary/aromatic N) is 2. The second kappa shape index (κ2) is 8.32. The number of anilines is 1. The molecule has 3 rings (SSSR count). The van der Waals surface area contributed by atoms with Gasteiger partial charge in [0.2, 0.25) is 0 Å². The van der Waals surface area contributed by atoms with Gasteiger partial charge in [-0.1, -0.05) is 37.3 Å². The molecule has 0 aliphatic carbocycles. The minimum absolute atomic E-state index is 0.495. The highest BCUT2D eigenvalue weighted by molar-refractivity contribution is 7.11. The summed E-state index contributed by atoms with van der Waals surface area (Å²) < 4.78 is 5.21. The Balaban J connectivity index is 1.80. The van der Waals surface area contributed by atoms with Gasteiger partial charge in [0, 0.05) is 28.9 Å². The summed E-state index contributed by atoms with van der Waals surface area (Å²) in [4.78, 5) is 4.62. The molecule has 0 saturated heterocycles. The first-order chi connectivity index (χ1) is 12.7. The summed E-state index contributed by atoms with van der Waals surface area (Å²) in [5.74, 6) is 0.758. The number of nitrogens with one attached hydrogen (secondary N) is 1. The summed E-state index contributed by atoms with van der Waals surface area (Å²) in [6, 6.07) is 18.1. The molecule has 1 heterocycles. The first kappa shape index (κ1) is 17.7. The Bertz CT molecular complexity index is 952. The number of aryl methyl sites for hydroxylation is 1. The van der Waals surface area contributed by atoms with Crippen LogP contribution >= 0.6 is 11.3 Å². The van der Waals surface area contributed by atoms with E-state index in [1.54, 1.807) is 13.3 Å². The Labute approximate surface area is 157 Å². The van der Waals surface area contributed by atoms with Gasteiger partial charge in [-0.15, -0.1) is 11.3 Å². The van der Waals surface area contributed by atoms with E-state index in [-0.39, 0.29) is 0 Å². The van der Waals surface area contributed by atoms with Crippen molar-refractivity contribution in [2.75, 3.05) is 12.4 Å². The number of hydrogen-bond donors (Lipinski definition) is 1. The standard InChI is InChI=1S/C21H19N3OS/c1-3-15-7-9-16(10-8-15)20-14-26-21(24-20)17(12-22)13-23-18-5-4-6-19(11-18)25-2/h4-11,13-14,23H,3H2,1-2H3/b17-13-. The first-order valence-corrected chi connectivity index (χ1v) is 9.17. The highest BCUT2D eigenvalue weighted by atomic mass is 32.1. The number of nitriles is 1. The van der Waals surface area contributed by atoms with Gasteiger partial charge in [0.25, 0.3) is 0 Å². The van der Waals surface area contributed by atoms with Crippen molar-refractivity contribution in [3.05, 3.63) is 70.7 Å². The summed E-state index contributed by atoms with van der Waals surface area (Å²) in [5.41, 5.74) is 4.58. The molecule has 0 aliphatic rings. The molecule has 2 aromatic carbocycles. The van der Waals surface area contributed by atoms with Crippen LogP contribution in [0.3, 0.4) is 0 Å². The molecular weight excluding hydrogens is 342 g/mol. The number of allylic oxidation sites excluding steroid dienone is 1. The molecule has 5 heteroatoms. The molecule has 0 aliphatic heterocycles. The molecule has 0 atom stereocenters. The van der Waals surface area contributed by atoms with E-state index >= 15 is 0 Å². The van der Waals surface area contributed by atoms with E-state index in [4.69, 9.17) is 4.74 Å². The van der Waals surface area contributed by atoms with Crippen LogP contribution in [0.5, 0.6) is 5.75 Å². The van der Waals surface area contributed by atoms with Crippen molar-refractivity contribution >= 4 is 22.6 Å². The van der Waals surface area contributed by atoms with Crippen LogP contribution in [0.4, 0.5) is 5.69 Å². The maximum absolute atomic E-state index is 9.49. The van der Waals surface area contributed by atoms with Gasteiger partial charge in [0.05, 0.1) is 12.8 Å². The van der Waals surface area contributed by atoms with Crippen molar-refractivity contribution in [1.82, 2.24) is 4.98 Å². The largest absolute Gasteiger partial charge is 0.497 e. The Kier molecular flexibility index (Phi) is 5.67. The van der Waals surface area contributed by atoms with Gasteiger partial charge in [-0.05, 0) is 24.1 Å². The highest BCUT2D eigenvalue weighted by Crippen LogP contribution is 2.26. The topological polar surface area (TPSA) is 57.9 Å². The van der Waals surface area contributed by atoms with E-state index in [1.165, 1.54) is 16.9 Å². The van der Waals surface area contributed by atoms with E-state index in [0.29, 0.717) is 10.6 Å². The zero-order valence-electron chi connectivity index (χ0n) is 14.7. The SMILES string of the molecule is CCc1ccc(-c2csc(/C(C#N)=C\Nc3cccc(OC)c3)n2)cc1. The van der Waals surface area contributed by atoms with Crippen LogP contribution in [-0.2, 0) is 6.42 Å². The van der Waals surface area contributed by atoms with Gasteiger partial charge in [-0.25, -0.2) is 4.98 Å². The lowest BCUT2D eigenvalue weighted by atomic mass is 10.1. The number of rotatable bonds is 6. The summed E-state index contributed by atoms with van der Waals surface area (Å²) in [5, 5.41) is 15.3. The van der Waals surface area contributed by atoms with E-state index < -0.39 is 0 Å². The number of thiazole rings is 1. The number of methoxy groups -OCH3 is 1. The lowest BCUT2D eigenvalue weighted by Gasteiger charge is -2.04. The molecule has 4 nitrogen and oxygen atoms in total. The molecule has 130 valence electrons. The molecule has 0 amide bonds. The van der Waals surface area contributed by atoms with Crippen LogP contribution in [0.15, 0.2) is 60.1 Å². The Morgan fingerprint density at radius 3 is 2.77 bits per heavy atom. The fraction of sp³-hybridized carbons (Fsp3) is 0.143. The van der Waals surface area contributed by atoms with Crippen LogP contribution in [-0.4, -0.2) is 12.1 Å². The molecule has 0 spiro atoms. The lowest BCUT2D eigenvalue weighted by Crippen LogP contribution is -1.92. The highest BCUT2D eigenvalue weighted by Gasteiger charge is 2.09. The summed E-state index contributed by atoms with van der Waals surface area (Å²) in [7, 11) is 1.62. The summed E-state index contributed by atoms with van der Waals surface area (Å²) in [6.07, 6.45) is 2.69. The normalized spacial score (nSPS) is 11.0. The molecular formula is C21H19N3OS. The predicted octanol–water partition coefficient (Wildman–Crippen LogP) is 5.36. The van der Waals surface area contributed by atoms with E-state index in [9.17, 15) is 5.26 Å². The molecule has 26 heavy (non-hydrogen) atoms. The van der Waals surface area contributed by atoms with Crippen molar-refractivity contribution in [3.8, 4) is 23.1 Å². The summed E-state index contributed by atoms with van der Waals surface area (Å²) >= 11 is 1.46. The molecule has 0 bridgehead atoms. The van der Waals surface area contributed by atoms with Gasteiger partial charge >= 0.3 is 0 Å². The molecule has 0 unspecified atom stereocenters. The van der Waals surface area contributed by atoms with Crippen LogP contribution < -0.4 is 10.1 Å². The van der Waals surface area contributed by atoms with Crippen molar-refractivity contribution < 1.29 is 4.74 Å². The molecule has 0 radical (unpaired) electrons. The van der Waals surface area contributed by atoms with Crippen molar-refractivity contribution in [2.45, 2.75) is 13.3 Å². The fourth-order valence-electron chi connectivity index (χ4n) is 2.45. The molecule has 0 fully saturated rings. The third kappa shape index (κ3) is 4.11. The van der Waals surface area contributed by atoms with Crippen molar-refractivity contribution in [3.63, 3.8) is 0 Å². The zero-order valence-corrected chi connectivity index (χ0v) is 15.5. The number of ether oxygens (including phenoxy) is 1. The monoisotopic (exact) mass is 361 g/mol. The first-order valence-electron chi connectivity index (χ1n) is 8.29. The van der Waals surface area contributed by atoms with Crippen LogP contribution in [0, 0.1) is 11.3 Å². The fourth-order valence-corrected chi connectivity index (χ4v) is 3.25. The third-order valence-corrected chi connectivity index (χ3v) is 4.84. The van der Waals surface area contributed by atoms with E-state index in [0.717, 1.165) is 29.1 Å². The minimum atomic E-state index is 0.495. The number of benzene rings is 2. The molecule has 1 aromatic heterocycles. The van der Waals surface area contributed by atoms with Gasteiger partial charge in [0.1, 0.15) is 22.4 Å². The zero-order chi connectivity index (χ0) is 18.4. The second-order valence-electron chi connectivity index (χ2n) is 5.63. The average molecular weight is 361 g/mol. The van der Waals surface area contributed by atoms with Crippen molar-refractivity contribution in [1.29, 1.82) is 5.26 Å². The van der Waals surface area contributed by atoms with Crippen LogP contribution in [0.1, 0.15) is 17.5 Å². The Hall–Kier alpha value is -3.10. The van der Waals surface area contributed by atoms with Gasteiger partial charge in [0.15, 0.2) is 0 Å². The molecule has 3 aromatic rings. The summed E-state index contributed by atoms with van der Waals surface area (Å²) in [6.45, 7) is 2.13.